The van der Waals surface area contributed by atoms with Gasteiger partial charge < -0.3 is 4.74 Å². The third-order valence-electron chi connectivity index (χ3n) is 3.98. The molecule has 2 aliphatic rings. The van der Waals surface area contributed by atoms with Gasteiger partial charge in [0.25, 0.3) is 5.91 Å². The van der Waals surface area contributed by atoms with Crippen LogP contribution in [0.25, 0.3) is 0 Å². The van der Waals surface area contributed by atoms with Crippen LogP contribution in [0.1, 0.15) is 18.4 Å². The van der Waals surface area contributed by atoms with Crippen LogP contribution in [0.15, 0.2) is 40.6 Å². The summed E-state index contributed by atoms with van der Waals surface area (Å²) in [6.45, 7) is 2.58. The van der Waals surface area contributed by atoms with Gasteiger partial charge in [-0.1, -0.05) is 12.1 Å². The predicted octanol–water partition coefficient (Wildman–Crippen LogP) is 2.47. The predicted molar refractivity (Wildman–Crippen MR) is 103 cm³/mol. The van der Waals surface area contributed by atoms with Crippen molar-refractivity contribution in [1.29, 1.82) is 0 Å². The Bertz CT molecular complexity index is 769. The lowest BCUT2D eigenvalue weighted by Crippen LogP contribution is -2.35. The minimum Gasteiger partial charge on any atom is -0.378 e. The number of morpholine rings is 1. The molecule has 1 saturated carbocycles. The molecular weight excluding hydrogens is 370 g/mol. The molecule has 2 aromatic rings. The first-order valence-electron chi connectivity index (χ1n) is 8.54. The topological polar surface area (TPSA) is 79.7 Å². The fraction of sp³-hybridized carbons (Fsp3) is 0.412. The van der Waals surface area contributed by atoms with E-state index >= 15 is 0 Å². The molecule has 1 saturated heterocycles. The maximum absolute atomic E-state index is 12.8. The van der Waals surface area contributed by atoms with Crippen LogP contribution in [0.5, 0.6) is 0 Å². The van der Waals surface area contributed by atoms with Crippen LogP contribution >= 0.6 is 23.3 Å². The van der Waals surface area contributed by atoms with Crippen molar-refractivity contribution in [2.24, 2.45) is 5.10 Å². The Kier molecular flexibility index (Phi) is 5.47. The molecule has 1 aromatic carbocycles. The molecule has 7 nitrogen and oxygen atoms in total. The van der Waals surface area contributed by atoms with Crippen LogP contribution in [0, 0.1) is 0 Å². The van der Waals surface area contributed by atoms with Crippen LogP contribution in [-0.2, 0) is 9.53 Å². The molecule has 0 radical (unpaired) electrons. The van der Waals surface area contributed by atoms with Crippen molar-refractivity contribution in [3.8, 4) is 0 Å². The van der Waals surface area contributed by atoms with Crippen molar-refractivity contribution in [2.75, 3.05) is 31.6 Å². The van der Waals surface area contributed by atoms with Crippen molar-refractivity contribution in [2.45, 2.75) is 23.0 Å². The molecule has 2 heterocycles. The third-order valence-corrected chi connectivity index (χ3v) is 5.91. The summed E-state index contributed by atoms with van der Waals surface area (Å²) >= 11 is 3.03. The number of hydrogen-bond acceptors (Lipinski definition) is 8. The number of benzene rings is 1. The molecular formula is C17H19N5O2S2. The highest BCUT2D eigenvalue weighted by Crippen LogP contribution is 2.39. The van der Waals surface area contributed by atoms with Gasteiger partial charge in [0.05, 0.1) is 26.3 Å². The van der Waals surface area contributed by atoms with Gasteiger partial charge in [-0.2, -0.15) is 9.47 Å². The quantitative estimate of drug-likeness (QED) is 0.765. The first kappa shape index (κ1) is 17.4. The Hall–Kier alpha value is -1.97. The zero-order chi connectivity index (χ0) is 17.8. The number of carbonyl (C=O) groups is 1. The number of hydrazone groups is 1. The summed E-state index contributed by atoms with van der Waals surface area (Å²) in [7, 11) is 0. The Morgan fingerprint density at radius 2 is 2.04 bits per heavy atom. The summed E-state index contributed by atoms with van der Waals surface area (Å²) in [6.07, 6.45) is 4.00. The number of nitrogens with one attached hydrogen (secondary N) is 1. The number of anilines is 1. The molecule has 1 aliphatic carbocycles. The molecule has 0 atom stereocenters. The molecule has 1 aromatic heterocycles. The van der Waals surface area contributed by atoms with Gasteiger partial charge in [0.2, 0.25) is 5.13 Å². The minimum atomic E-state index is -0.282. The molecule has 136 valence electrons. The molecule has 9 heteroatoms. The number of amides is 1. The highest BCUT2D eigenvalue weighted by atomic mass is 32.2. The van der Waals surface area contributed by atoms with Crippen LogP contribution in [0.2, 0.25) is 0 Å². The first-order chi connectivity index (χ1) is 12.8. The summed E-state index contributed by atoms with van der Waals surface area (Å²) in [5.74, 6) is -0.282. The smallest absolute Gasteiger partial charge is 0.278 e. The maximum Gasteiger partial charge on any atom is 0.278 e. The van der Waals surface area contributed by atoms with Gasteiger partial charge in [0.15, 0.2) is 5.71 Å². The van der Waals surface area contributed by atoms with Crippen molar-refractivity contribution >= 4 is 40.0 Å². The molecule has 0 spiro atoms. The minimum absolute atomic E-state index is 0.282. The summed E-state index contributed by atoms with van der Waals surface area (Å²) in [5.41, 5.74) is 1.17. The van der Waals surface area contributed by atoms with E-state index < -0.39 is 0 Å². The standard InChI is InChI=1S/C17H19N5O2S2/c23-16(20-17-18-11-19-26-17)15(21-22-7-9-24-10-8-22)12-1-3-13(4-2-12)25-14-5-6-14/h1-4,11,14H,5-10H2,(H,18,19,20,23)/b21-15+. The van der Waals surface area contributed by atoms with E-state index in [2.05, 4.69) is 31.9 Å². The largest absolute Gasteiger partial charge is 0.378 e. The van der Waals surface area contributed by atoms with E-state index in [9.17, 15) is 4.79 Å². The monoisotopic (exact) mass is 389 g/mol. The molecule has 1 amide bonds. The SMILES string of the molecule is O=C(Nc1ncns1)/C(=N/N1CCOCC1)c1ccc(SC2CC2)cc1. The van der Waals surface area contributed by atoms with Gasteiger partial charge in [0, 0.05) is 27.2 Å². The highest BCUT2D eigenvalue weighted by Gasteiger charge is 2.23. The van der Waals surface area contributed by atoms with Gasteiger partial charge in [-0.25, -0.2) is 4.98 Å². The van der Waals surface area contributed by atoms with Crippen molar-refractivity contribution in [3.63, 3.8) is 0 Å². The van der Waals surface area contributed by atoms with Gasteiger partial charge in [0.1, 0.15) is 6.33 Å². The molecule has 1 N–H and O–H groups in total. The van der Waals surface area contributed by atoms with E-state index in [0.717, 1.165) is 22.3 Å². The van der Waals surface area contributed by atoms with Gasteiger partial charge in [-0.15, -0.1) is 11.8 Å². The van der Waals surface area contributed by atoms with Gasteiger partial charge in [-0.3, -0.25) is 15.1 Å². The summed E-state index contributed by atoms with van der Waals surface area (Å²) in [4.78, 5) is 18.0. The molecule has 2 fully saturated rings. The second-order valence-electron chi connectivity index (χ2n) is 6.06. The fourth-order valence-corrected chi connectivity index (χ4v) is 3.96. The van der Waals surface area contributed by atoms with Crippen LogP contribution in [0.3, 0.4) is 0 Å². The van der Waals surface area contributed by atoms with E-state index in [1.54, 1.807) is 0 Å². The second-order valence-corrected chi connectivity index (χ2v) is 8.21. The number of nitrogens with zero attached hydrogens (tertiary/aromatic N) is 4. The number of hydrogen-bond donors (Lipinski definition) is 1. The average Bonchev–Trinajstić information content (AvgIpc) is 3.34. The van der Waals surface area contributed by atoms with Crippen LogP contribution < -0.4 is 5.32 Å². The summed E-state index contributed by atoms with van der Waals surface area (Å²) in [6, 6.07) is 8.05. The van der Waals surface area contributed by atoms with Crippen molar-refractivity contribution in [1.82, 2.24) is 14.4 Å². The number of carbonyl (C=O) groups excluding carboxylic acids is 1. The first-order valence-corrected chi connectivity index (χ1v) is 10.2. The Labute approximate surface area is 160 Å². The molecule has 26 heavy (non-hydrogen) atoms. The second kappa shape index (κ2) is 8.15. The fourth-order valence-electron chi connectivity index (χ4n) is 2.48. The summed E-state index contributed by atoms with van der Waals surface area (Å²) in [5, 5.41) is 10.5. The normalized spacial score (nSPS) is 18.0. The molecule has 0 unspecified atom stereocenters. The zero-order valence-electron chi connectivity index (χ0n) is 14.1. The Balaban J connectivity index is 1.56. The van der Waals surface area contributed by atoms with E-state index in [4.69, 9.17) is 4.74 Å². The van der Waals surface area contributed by atoms with E-state index in [1.807, 2.05) is 28.9 Å². The summed E-state index contributed by atoms with van der Waals surface area (Å²) < 4.78 is 9.27. The lowest BCUT2D eigenvalue weighted by Gasteiger charge is -2.24. The van der Waals surface area contributed by atoms with Gasteiger partial charge in [-0.05, 0) is 25.0 Å². The lowest BCUT2D eigenvalue weighted by atomic mass is 10.1. The number of ether oxygens (including phenoxy) is 1. The van der Waals surface area contributed by atoms with E-state index in [0.29, 0.717) is 37.1 Å². The lowest BCUT2D eigenvalue weighted by molar-refractivity contribution is -0.110. The van der Waals surface area contributed by atoms with Crippen LogP contribution in [0.4, 0.5) is 5.13 Å². The Morgan fingerprint density at radius 3 is 2.69 bits per heavy atom. The number of thioether (sulfide) groups is 1. The van der Waals surface area contributed by atoms with Crippen molar-refractivity contribution < 1.29 is 9.53 Å². The Morgan fingerprint density at radius 1 is 1.27 bits per heavy atom. The van der Waals surface area contributed by atoms with E-state index in [1.165, 1.54) is 24.1 Å². The number of aromatic nitrogens is 2. The molecule has 4 rings (SSSR count). The zero-order valence-corrected chi connectivity index (χ0v) is 15.8. The molecule has 1 aliphatic heterocycles. The third kappa shape index (κ3) is 4.60. The molecule has 0 bridgehead atoms. The van der Waals surface area contributed by atoms with Crippen LogP contribution in [-0.4, -0.2) is 57.5 Å². The van der Waals surface area contributed by atoms with Crippen molar-refractivity contribution in [3.05, 3.63) is 36.2 Å². The average molecular weight is 390 g/mol. The van der Waals surface area contributed by atoms with Gasteiger partial charge >= 0.3 is 0 Å². The maximum atomic E-state index is 12.8. The highest BCUT2D eigenvalue weighted by molar-refractivity contribution is 8.00. The number of rotatable bonds is 6. The van der Waals surface area contributed by atoms with E-state index in [-0.39, 0.29) is 5.91 Å².